The first kappa shape index (κ1) is 18.7. The van der Waals surface area contributed by atoms with E-state index in [1.807, 2.05) is 17.3 Å². The highest BCUT2D eigenvalue weighted by Crippen LogP contribution is 2.23. The number of hydrogen-bond donors (Lipinski definition) is 0. The SMILES string of the molecule is CCOC(=O)c1cc(CC)c(CCCCCc2ccccc2)n1P. The Morgan fingerprint density at radius 3 is 2.46 bits per heavy atom. The summed E-state index contributed by atoms with van der Waals surface area (Å²) in [6.45, 7) is 4.38. The van der Waals surface area contributed by atoms with Crippen molar-refractivity contribution < 1.29 is 9.53 Å². The second-order valence-corrected chi connectivity index (χ2v) is 6.51. The molecule has 0 aliphatic heterocycles. The topological polar surface area (TPSA) is 31.2 Å². The molecule has 2 rings (SSSR count). The Balaban J connectivity index is 1.88. The Bertz CT molecular complexity index is 649. The van der Waals surface area contributed by atoms with Gasteiger partial charge in [0.15, 0.2) is 0 Å². The Hall–Kier alpha value is -1.60. The summed E-state index contributed by atoms with van der Waals surface area (Å²) in [4.78, 5) is 12.0. The molecule has 0 N–H and O–H groups in total. The van der Waals surface area contributed by atoms with E-state index in [0.717, 1.165) is 25.7 Å². The number of hydrogen-bond acceptors (Lipinski definition) is 2. The van der Waals surface area contributed by atoms with E-state index in [1.165, 1.54) is 29.7 Å². The molecule has 1 heterocycles. The predicted octanol–water partition coefficient (Wildman–Crippen LogP) is 4.82. The van der Waals surface area contributed by atoms with Gasteiger partial charge in [-0.25, -0.2) is 4.79 Å². The van der Waals surface area contributed by atoms with Crippen molar-refractivity contribution in [3.63, 3.8) is 0 Å². The van der Waals surface area contributed by atoms with Gasteiger partial charge in [-0.2, -0.15) is 0 Å². The maximum absolute atomic E-state index is 12.0. The number of aryl methyl sites for hydroxylation is 2. The van der Waals surface area contributed by atoms with Gasteiger partial charge in [0.25, 0.3) is 0 Å². The molecule has 0 saturated heterocycles. The number of esters is 1. The molecular weight excluding hydrogens is 317 g/mol. The smallest absolute Gasteiger partial charge is 0.355 e. The number of aromatic nitrogens is 1. The van der Waals surface area contributed by atoms with Crippen molar-refractivity contribution in [2.45, 2.75) is 52.4 Å². The minimum Gasteiger partial charge on any atom is -0.461 e. The Morgan fingerprint density at radius 1 is 1.08 bits per heavy atom. The van der Waals surface area contributed by atoms with Crippen molar-refractivity contribution in [2.24, 2.45) is 0 Å². The summed E-state index contributed by atoms with van der Waals surface area (Å²) in [6.07, 6.45) is 6.61. The molecule has 1 atom stereocenters. The van der Waals surface area contributed by atoms with Crippen LogP contribution >= 0.6 is 9.39 Å². The lowest BCUT2D eigenvalue weighted by atomic mass is 10.0. The summed E-state index contributed by atoms with van der Waals surface area (Å²) in [5, 5.41) is 0. The first-order valence-electron chi connectivity index (χ1n) is 8.87. The zero-order chi connectivity index (χ0) is 17.4. The van der Waals surface area contributed by atoms with Gasteiger partial charge in [-0.3, -0.25) is 0 Å². The van der Waals surface area contributed by atoms with E-state index in [9.17, 15) is 4.79 Å². The van der Waals surface area contributed by atoms with Crippen LogP contribution in [0.1, 0.15) is 60.4 Å². The van der Waals surface area contributed by atoms with Gasteiger partial charge in [-0.1, -0.05) is 43.7 Å². The molecule has 0 radical (unpaired) electrons. The van der Waals surface area contributed by atoms with Crippen LogP contribution in [0, 0.1) is 0 Å². The first-order valence-corrected chi connectivity index (χ1v) is 9.38. The zero-order valence-corrected chi connectivity index (χ0v) is 15.9. The minimum absolute atomic E-state index is 0.238. The number of carbonyl (C=O) groups is 1. The average molecular weight is 345 g/mol. The van der Waals surface area contributed by atoms with E-state index in [-0.39, 0.29) is 5.97 Å². The summed E-state index contributed by atoms with van der Waals surface area (Å²) in [7, 11) is 2.67. The van der Waals surface area contributed by atoms with E-state index < -0.39 is 0 Å². The lowest BCUT2D eigenvalue weighted by molar-refractivity contribution is 0.0518. The second kappa shape index (κ2) is 9.64. The standard InChI is InChI=1S/C20H28NO2P/c1-3-17-15-19(20(22)23-4-2)21(24)18(17)14-10-6-9-13-16-11-7-5-8-12-16/h5,7-8,11-12,15H,3-4,6,9-10,13-14,24H2,1-2H3. The molecule has 24 heavy (non-hydrogen) atoms. The zero-order valence-electron chi connectivity index (χ0n) is 14.8. The number of carbonyl (C=O) groups excluding carboxylic acids is 1. The molecule has 1 aromatic carbocycles. The van der Waals surface area contributed by atoms with Gasteiger partial charge in [-0.15, -0.1) is 0 Å². The fraction of sp³-hybridized carbons (Fsp3) is 0.450. The molecule has 0 aliphatic carbocycles. The molecule has 3 nitrogen and oxygen atoms in total. The van der Waals surface area contributed by atoms with E-state index >= 15 is 0 Å². The van der Waals surface area contributed by atoms with E-state index in [1.54, 1.807) is 0 Å². The molecule has 1 unspecified atom stereocenters. The molecule has 0 amide bonds. The summed E-state index contributed by atoms with van der Waals surface area (Å²) in [6, 6.07) is 12.6. The van der Waals surface area contributed by atoms with Crippen LogP contribution in [-0.4, -0.2) is 16.9 Å². The highest BCUT2D eigenvalue weighted by molar-refractivity contribution is 7.14. The van der Waals surface area contributed by atoms with Crippen LogP contribution in [0.4, 0.5) is 0 Å². The van der Waals surface area contributed by atoms with Crippen molar-refractivity contribution in [1.82, 2.24) is 4.34 Å². The third-order valence-electron chi connectivity index (χ3n) is 4.32. The van der Waals surface area contributed by atoms with Crippen LogP contribution in [0.3, 0.4) is 0 Å². The van der Waals surface area contributed by atoms with Crippen LogP contribution < -0.4 is 0 Å². The predicted molar refractivity (Wildman–Crippen MR) is 103 cm³/mol. The molecule has 1 aromatic heterocycles. The molecule has 2 aromatic rings. The first-order chi connectivity index (χ1) is 11.7. The van der Waals surface area contributed by atoms with Gasteiger partial charge in [-0.05, 0) is 65.6 Å². The summed E-state index contributed by atoms with van der Waals surface area (Å²) >= 11 is 0. The normalized spacial score (nSPS) is 10.8. The quantitative estimate of drug-likeness (QED) is 0.371. The van der Waals surface area contributed by atoms with Crippen LogP contribution in [0.25, 0.3) is 0 Å². The summed E-state index contributed by atoms with van der Waals surface area (Å²) in [5.74, 6) is -0.238. The largest absolute Gasteiger partial charge is 0.461 e. The second-order valence-electron chi connectivity index (χ2n) is 5.99. The van der Waals surface area contributed by atoms with Crippen LogP contribution in [0.5, 0.6) is 0 Å². The van der Waals surface area contributed by atoms with Crippen molar-refractivity contribution in [3.8, 4) is 0 Å². The number of benzene rings is 1. The minimum atomic E-state index is -0.238. The highest BCUT2D eigenvalue weighted by atomic mass is 31.0. The molecular formula is C20H28NO2P. The fourth-order valence-electron chi connectivity index (χ4n) is 3.01. The van der Waals surface area contributed by atoms with Gasteiger partial charge in [0, 0.05) is 5.69 Å². The Morgan fingerprint density at radius 2 is 1.79 bits per heavy atom. The Kier molecular flexibility index (Phi) is 7.52. The molecule has 4 heteroatoms. The van der Waals surface area contributed by atoms with Crippen molar-refractivity contribution >= 4 is 15.4 Å². The van der Waals surface area contributed by atoms with Gasteiger partial charge < -0.3 is 9.07 Å². The number of rotatable bonds is 9. The van der Waals surface area contributed by atoms with Crippen molar-refractivity contribution in [3.05, 3.63) is 58.9 Å². The number of unbranched alkanes of at least 4 members (excludes halogenated alkanes) is 2. The maximum Gasteiger partial charge on any atom is 0.355 e. The maximum atomic E-state index is 12.0. The monoisotopic (exact) mass is 345 g/mol. The lowest BCUT2D eigenvalue weighted by Crippen LogP contribution is -2.08. The molecule has 0 spiro atoms. The fourth-order valence-corrected chi connectivity index (χ4v) is 3.49. The van der Waals surface area contributed by atoms with E-state index in [4.69, 9.17) is 4.74 Å². The number of ether oxygens (including phenoxy) is 1. The van der Waals surface area contributed by atoms with Gasteiger partial charge in [0.2, 0.25) is 0 Å². The lowest BCUT2D eigenvalue weighted by Gasteiger charge is -2.09. The van der Waals surface area contributed by atoms with Crippen LogP contribution in [0.15, 0.2) is 36.4 Å². The van der Waals surface area contributed by atoms with Crippen molar-refractivity contribution in [1.29, 1.82) is 0 Å². The van der Waals surface area contributed by atoms with Gasteiger partial charge in [0.05, 0.1) is 6.61 Å². The van der Waals surface area contributed by atoms with Crippen LogP contribution in [0.2, 0.25) is 0 Å². The molecule has 0 fully saturated rings. The highest BCUT2D eigenvalue weighted by Gasteiger charge is 2.17. The number of nitrogens with zero attached hydrogens (tertiary/aromatic N) is 1. The average Bonchev–Trinajstić information content (AvgIpc) is 2.92. The molecule has 0 saturated carbocycles. The van der Waals surface area contributed by atoms with E-state index in [0.29, 0.717) is 12.3 Å². The van der Waals surface area contributed by atoms with E-state index in [2.05, 4.69) is 46.6 Å². The van der Waals surface area contributed by atoms with Gasteiger partial charge in [0.1, 0.15) is 5.69 Å². The molecule has 0 bridgehead atoms. The summed E-state index contributed by atoms with van der Waals surface area (Å²) < 4.78 is 7.08. The third kappa shape index (κ3) is 4.95. The van der Waals surface area contributed by atoms with Crippen LogP contribution in [-0.2, 0) is 24.0 Å². The van der Waals surface area contributed by atoms with Gasteiger partial charge >= 0.3 is 5.97 Å². The van der Waals surface area contributed by atoms with Crippen molar-refractivity contribution in [2.75, 3.05) is 6.61 Å². The Labute approximate surface area is 147 Å². The third-order valence-corrected chi connectivity index (χ3v) is 4.91. The molecule has 0 aliphatic rings. The molecule has 130 valence electrons. The summed E-state index contributed by atoms with van der Waals surface area (Å²) in [5.41, 5.74) is 4.53.